The number of ether oxygens (including phenoxy) is 2. The summed E-state index contributed by atoms with van der Waals surface area (Å²) in [6, 6.07) is 13.0. The fourth-order valence-corrected chi connectivity index (χ4v) is 3.17. The van der Waals surface area contributed by atoms with Crippen LogP contribution in [-0.4, -0.2) is 18.4 Å². The van der Waals surface area contributed by atoms with Gasteiger partial charge < -0.3 is 9.47 Å². The molecule has 4 nitrogen and oxygen atoms in total. The number of rotatable bonds is 9. The fourth-order valence-electron chi connectivity index (χ4n) is 3.17. The van der Waals surface area contributed by atoms with Gasteiger partial charge in [0.1, 0.15) is 11.5 Å². The molecule has 3 rings (SSSR count). The second-order valence-electron chi connectivity index (χ2n) is 8.66. The van der Waals surface area contributed by atoms with E-state index in [9.17, 15) is 9.59 Å². The van der Waals surface area contributed by atoms with Crippen molar-refractivity contribution in [2.45, 2.75) is 53.4 Å². The fraction of sp³-hybridized carbons (Fsp3) is 0.440. The van der Waals surface area contributed by atoms with Gasteiger partial charge in [-0.3, -0.25) is 9.59 Å². The number of esters is 1. The topological polar surface area (TPSA) is 52.6 Å². The molecule has 2 aromatic rings. The molecule has 0 heterocycles. The smallest absolute Gasteiger partial charge is 0.316 e. The molecule has 1 fully saturated rings. The van der Waals surface area contributed by atoms with E-state index in [-0.39, 0.29) is 17.7 Å². The maximum Gasteiger partial charge on any atom is 0.316 e. The molecule has 4 heteroatoms. The van der Waals surface area contributed by atoms with Crippen molar-refractivity contribution in [2.24, 2.45) is 11.3 Å². The van der Waals surface area contributed by atoms with Gasteiger partial charge in [-0.15, -0.1) is 0 Å². The number of carbonyl (C=O) groups excluding carboxylic acids is 2. The lowest BCUT2D eigenvalue weighted by Gasteiger charge is -2.22. The molecule has 154 valence electrons. The summed E-state index contributed by atoms with van der Waals surface area (Å²) >= 11 is 0. The Bertz CT molecular complexity index is 876. The molecule has 0 unspecified atom stereocenters. The van der Waals surface area contributed by atoms with Crippen LogP contribution >= 0.6 is 0 Å². The second kappa shape index (κ2) is 8.81. The summed E-state index contributed by atoms with van der Waals surface area (Å²) in [6.07, 6.45) is 3.38. The van der Waals surface area contributed by atoms with Crippen LogP contribution in [0, 0.1) is 25.2 Å². The van der Waals surface area contributed by atoms with Gasteiger partial charge in [0, 0.05) is 11.5 Å². The highest BCUT2D eigenvalue weighted by Crippen LogP contribution is 2.33. The maximum atomic E-state index is 12.6. The van der Waals surface area contributed by atoms with Crippen molar-refractivity contribution >= 4 is 11.8 Å². The van der Waals surface area contributed by atoms with Gasteiger partial charge in [-0.05, 0) is 94.8 Å². The number of benzene rings is 2. The molecule has 0 aromatic heterocycles. The number of aryl methyl sites for hydroxylation is 2. The zero-order valence-electron chi connectivity index (χ0n) is 17.8. The molecular formula is C25H30O4. The third-order valence-corrected chi connectivity index (χ3v) is 5.40. The number of ketones is 1. The van der Waals surface area contributed by atoms with Crippen LogP contribution in [0.15, 0.2) is 42.5 Å². The van der Waals surface area contributed by atoms with E-state index in [1.54, 1.807) is 24.3 Å². The summed E-state index contributed by atoms with van der Waals surface area (Å²) in [6.45, 7) is 8.40. The summed E-state index contributed by atoms with van der Waals surface area (Å²) in [5, 5.41) is 0. The Kier molecular flexibility index (Phi) is 6.41. The number of carbonyl (C=O) groups is 2. The number of hydrogen-bond acceptors (Lipinski definition) is 4. The molecule has 0 radical (unpaired) electrons. The lowest BCUT2D eigenvalue weighted by Crippen LogP contribution is -2.29. The van der Waals surface area contributed by atoms with Crippen molar-refractivity contribution in [1.82, 2.24) is 0 Å². The van der Waals surface area contributed by atoms with Crippen LogP contribution in [0.2, 0.25) is 0 Å². The van der Waals surface area contributed by atoms with E-state index in [1.807, 2.05) is 33.8 Å². The Morgan fingerprint density at radius 3 is 2.38 bits per heavy atom. The quantitative estimate of drug-likeness (QED) is 0.237. The first kappa shape index (κ1) is 21.1. The van der Waals surface area contributed by atoms with Crippen LogP contribution in [0.1, 0.15) is 61.0 Å². The van der Waals surface area contributed by atoms with E-state index in [4.69, 9.17) is 9.47 Å². The normalized spacial score (nSPS) is 13.8. The molecule has 1 aliphatic rings. The number of hydrogen-bond donors (Lipinski definition) is 0. The second-order valence-corrected chi connectivity index (χ2v) is 8.66. The Morgan fingerprint density at radius 1 is 1.03 bits per heavy atom. The van der Waals surface area contributed by atoms with E-state index in [0.717, 1.165) is 30.6 Å². The molecule has 0 N–H and O–H groups in total. The predicted octanol–water partition coefficient (Wildman–Crippen LogP) is 5.69. The van der Waals surface area contributed by atoms with Gasteiger partial charge in [0.25, 0.3) is 0 Å². The largest absolute Gasteiger partial charge is 0.493 e. The minimum absolute atomic E-state index is 0.187. The zero-order chi connectivity index (χ0) is 21.0. The summed E-state index contributed by atoms with van der Waals surface area (Å²) in [5.41, 5.74) is 2.35. The number of Topliss-reactive ketones (excluding diaryl/α,β-unsaturated/α-hetero) is 1. The van der Waals surface area contributed by atoms with Gasteiger partial charge in [0.2, 0.25) is 0 Å². The van der Waals surface area contributed by atoms with Crippen LogP contribution in [0.4, 0.5) is 0 Å². The first-order valence-electron chi connectivity index (χ1n) is 10.3. The molecule has 2 aromatic carbocycles. The lowest BCUT2D eigenvalue weighted by molar-refractivity contribution is -0.144. The van der Waals surface area contributed by atoms with Crippen molar-refractivity contribution < 1.29 is 19.1 Å². The first-order chi connectivity index (χ1) is 13.8. The summed E-state index contributed by atoms with van der Waals surface area (Å²) < 4.78 is 11.4. The molecule has 29 heavy (non-hydrogen) atoms. The Hall–Kier alpha value is -2.62. The first-order valence-corrected chi connectivity index (χ1v) is 10.3. The molecule has 0 aliphatic heterocycles. The Labute approximate surface area is 173 Å². The molecule has 0 amide bonds. The maximum absolute atomic E-state index is 12.6. The minimum Gasteiger partial charge on any atom is -0.493 e. The van der Waals surface area contributed by atoms with Crippen LogP contribution in [-0.2, 0) is 4.79 Å². The SMILES string of the molecule is Cc1ccc(C)c(OCCCC(C)(C)C(=O)Oc2ccc(C(=O)C3CC3)cc2)c1. The Balaban J connectivity index is 1.47. The molecule has 0 spiro atoms. The zero-order valence-corrected chi connectivity index (χ0v) is 17.8. The molecule has 1 saturated carbocycles. The summed E-state index contributed by atoms with van der Waals surface area (Å²) in [4.78, 5) is 24.7. The van der Waals surface area contributed by atoms with E-state index in [2.05, 4.69) is 12.1 Å². The van der Waals surface area contributed by atoms with Crippen molar-refractivity contribution in [3.05, 3.63) is 59.2 Å². The van der Waals surface area contributed by atoms with Gasteiger partial charge in [-0.2, -0.15) is 0 Å². The van der Waals surface area contributed by atoms with Crippen molar-refractivity contribution in [3.8, 4) is 11.5 Å². The van der Waals surface area contributed by atoms with Crippen LogP contribution in [0.25, 0.3) is 0 Å². The molecule has 0 bridgehead atoms. The van der Waals surface area contributed by atoms with E-state index in [1.165, 1.54) is 5.56 Å². The molecule has 0 atom stereocenters. The average molecular weight is 395 g/mol. The van der Waals surface area contributed by atoms with E-state index >= 15 is 0 Å². The van der Waals surface area contributed by atoms with E-state index in [0.29, 0.717) is 24.3 Å². The third-order valence-electron chi connectivity index (χ3n) is 5.40. The van der Waals surface area contributed by atoms with Gasteiger partial charge >= 0.3 is 5.97 Å². The molecule has 1 aliphatic carbocycles. The van der Waals surface area contributed by atoms with Crippen molar-refractivity contribution in [2.75, 3.05) is 6.61 Å². The highest BCUT2D eigenvalue weighted by atomic mass is 16.5. The molecule has 0 saturated heterocycles. The third kappa shape index (κ3) is 5.69. The van der Waals surface area contributed by atoms with Crippen LogP contribution in [0.5, 0.6) is 11.5 Å². The highest BCUT2D eigenvalue weighted by molar-refractivity contribution is 5.99. The van der Waals surface area contributed by atoms with E-state index < -0.39 is 5.41 Å². The monoisotopic (exact) mass is 394 g/mol. The van der Waals surface area contributed by atoms with Gasteiger partial charge in [-0.1, -0.05) is 12.1 Å². The summed E-state index contributed by atoms with van der Waals surface area (Å²) in [5.74, 6) is 1.47. The van der Waals surface area contributed by atoms with Gasteiger partial charge in [-0.25, -0.2) is 0 Å². The Morgan fingerprint density at radius 2 is 1.72 bits per heavy atom. The van der Waals surface area contributed by atoms with Crippen LogP contribution in [0.3, 0.4) is 0 Å². The highest BCUT2D eigenvalue weighted by Gasteiger charge is 2.31. The molecular weight excluding hydrogens is 364 g/mol. The van der Waals surface area contributed by atoms with Gasteiger partial charge in [0.15, 0.2) is 5.78 Å². The summed E-state index contributed by atoms with van der Waals surface area (Å²) in [7, 11) is 0. The van der Waals surface area contributed by atoms with Crippen molar-refractivity contribution in [1.29, 1.82) is 0 Å². The minimum atomic E-state index is -0.618. The van der Waals surface area contributed by atoms with Crippen molar-refractivity contribution in [3.63, 3.8) is 0 Å². The van der Waals surface area contributed by atoms with Crippen LogP contribution < -0.4 is 9.47 Å². The average Bonchev–Trinajstić information content (AvgIpc) is 3.53. The van der Waals surface area contributed by atoms with Gasteiger partial charge in [0.05, 0.1) is 12.0 Å². The standard InChI is InChI=1S/C25H30O4/c1-17-6-7-18(2)22(16-17)28-15-5-14-25(3,4)24(27)29-21-12-10-20(11-13-21)23(26)19-8-9-19/h6-7,10-13,16,19H,5,8-9,14-15H2,1-4H3. The predicted molar refractivity (Wildman–Crippen MR) is 114 cm³/mol. The lowest BCUT2D eigenvalue weighted by atomic mass is 9.88.